The van der Waals surface area contributed by atoms with E-state index in [2.05, 4.69) is 26.6 Å². The van der Waals surface area contributed by atoms with Crippen LogP contribution in [0.5, 0.6) is 0 Å². The van der Waals surface area contributed by atoms with Gasteiger partial charge in [-0.1, -0.05) is 30.3 Å². The maximum absolute atomic E-state index is 12.0. The summed E-state index contributed by atoms with van der Waals surface area (Å²) in [5.41, 5.74) is 4.69. The van der Waals surface area contributed by atoms with Crippen LogP contribution in [0.25, 0.3) is 27.9 Å². The first-order chi connectivity index (χ1) is 18.5. The van der Waals surface area contributed by atoms with E-state index in [0.717, 1.165) is 34.3 Å². The summed E-state index contributed by atoms with van der Waals surface area (Å²) in [5.74, 6) is -1.09. The number of carbonyl (C=O) groups is 1. The highest BCUT2D eigenvalue weighted by molar-refractivity contribution is 5.95. The number of fused-ring (bicyclic) bond motifs is 2. The summed E-state index contributed by atoms with van der Waals surface area (Å²) in [4.78, 5) is 23.2. The molecule has 0 radical (unpaired) electrons. The summed E-state index contributed by atoms with van der Waals surface area (Å²) >= 11 is 0. The van der Waals surface area contributed by atoms with Crippen molar-refractivity contribution in [2.24, 2.45) is 0 Å². The standard InChI is InChI=1S/C28H28N6O4/c1-32(15-18-7-4-3-5-8-18)23-13-21(31-34-24(28(35)36)14-30-27(23)34)20-16-33(26-19(20)9-6-11-29-26)22-10-12-38-17-25(22)37-2/h3-9,11,13-14,16,22,25H,10,12,15,17H2,1-2H3,(H,35,36)/t22-,25-/m0/s1. The van der Waals surface area contributed by atoms with Gasteiger partial charge in [0.2, 0.25) is 0 Å². The highest BCUT2D eigenvalue weighted by Crippen LogP contribution is 2.36. The fourth-order valence-corrected chi connectivity index (χ4v) is 5.24. The van der Waals surface area contributed by atoms with Crippen molar-refractivity contribution in [2.45, 2.75) is 25.1 Å². The summed E-state index contributed by atoms with van der Waals surface area (Å²) in [7, 11) is 3.67. The Morgan fingerprint density at radius 1 is 1.18 bits per heavy atom. The van der Waals surface area contributed by atoms with Crippen LogP contribution in [0.15, 0.2) is 67.1 Å². The van der Waals surface area contributed by atoms with Crippen molar-refractivity contribution < 1.29 is 19.4 Å². The van der Waals surface area contributed by atoms with Gasteiger partial charge in [-0.15, -0.1) is 0 Å². The number of imidazole rings is 1. The number of pyridine rings is 1. The molecule has 2 atom stereocenters. The van der Waals surface area contributed by atoms with Crippen LogP contribution in [-0.4, -0.2) is 68.7 Å². The van der Waals surface area contributed by atoms with Crippen LogP contribution in [0.2, 0.25) is 0 Å². The van der Waals surface area contributed by atoms with E-state index < -0.39 is 5.97 Å². The summed E-state index contributed by atoms with van der Waals surface area (Å²) in [5, 5.41) is 15.5. The maximum Gasteiger partial charge on any atom is 0.356 e. The Bertz CT molecular complexity index is 1610. The zero-order valence-corrected chi connectivity index (χ0v) is 21.2. The second kappa shape index (κ2) is 9.88. The molecule has 0 amide bonds. The van der Waals surface area contributed by atoms with Gasteiger partial charge in [0.1, 0.15) is 11.8 Å². The number of methoxy groups -OCH3 is 1. The van der Waals surface area contributed by atoms with Gasteiger partial charge < -0.3 is 24.0 Å². The van der Waals surface area contributed by atoms with E-state index in [0.29, 0.717) is 31.1 Å². The van der Waals surface area contributed by atoms with Crippen molar-refractivity contribution in [3.05, 3.63) is 78.4 Å². The normalized spacial score (nSPS) is 17.7. The number of ether oxygens (including phenoxy) is 2. The van der Waals surface area contributed by atoms with Crippen molar-refractivity contribution in [3.63, 3.8) is 0 Å². The molecule has 0 saturated carbocycles. The first-order valence-electron chi connectivity index (χ1n) is 12.5. The lowest BCUT2D eigenvalue weighted by atomic mass is 10.1. The van der Waals surface area contributed by atoms with E-state index in [-0.39, 0.29) is 17.8 Å². The average molecular weight is 513 g/mol. The summed E-state index contributed by atoms with van der Waals surface area (Å²) < 4.78 is 15.0. The number of hydrogen-bond donors (Lipinski definition) is 1. The van der Waals surface area contributed by atoms with Crippen LogP contribution in [0.3, 0.4) is 0 Å². The molecule has 0 bridgehead atoms. The number of benzene rings is 1. The monoisotopic (exact) mass is 512 g/mol. The molecule has 194 valence electrons. The Balaban J connectivity index is 1.53. The molecule has 1 aliphatic heterocycles. The maximum atomic E-state index is 12.0. The molecule has 1 fully saturated rings. The highest BCUT2D eigenvalue weighted by Gasteiger charge is 2.30. The Morgan fingerprint density at radius 3 is 2.82 bits per heavy atom. The molecule has 6 rings (SSSR count). The van der Waals surface area contributed by atoms with Crippen LogP contribution >= 0.6 is 0 Å². The third-order valence-corrected chi connectivity index (χ3v) is 7.14. The van der Waals surface area contributed by atoms with Crippen molar-refractivity contribution in [2.75, 3.05) is 32.3 Å². The quantitative estimate of drug-likeness (QED) is 0.348. The van der Waals surface area contributed by atoms with Gasteiger partial charge in [0, 0.05) is 50.7 Å². The number of aromatic nitrogens is 5. The van der Waals surface area contributed by atoms with Gasteiger partial charge in [-0.2, -0.15) is 5.10 Å². The molecule has 1 N–H and O–H groups in total. The number of aromatic carboxylic acids is 1. The number of rotatable bonds is 7. The minimum absolute atomic E-state index is 0.00181. The first kappa shape index (κ1) is 24.1. The summed E-state index contributed by atoms with van der Waals surface area (Å²) in [6, 6.07) is 16.0. The number of carboxylic acid groups (broad SMARTS) is 1. The van der Waals surface area contributed by atoms with Crippen LogP contribution in [0, 0.1) is 0 Å². The third-order valence-electron chi connectivity index (χ3n) is 7.14. The molecule has 0 unspecified atom stereocenters. The molecule has 1 aromatic carbocycles. The average Bonchev–Trinajstić information content (AvgIpc) is 3.55. The molecule has 4 aromatic heterocycles. The highest BCUT2D eigenvalue weighted by atomic mass is 16.5. The Labute approximate surface area is 219 Å². The molecule has 1 aliphatic rings. The predicted molar refractivity (Wildman–Crippen MR) is 142 cm³/mol. The van der Waals surface area contributed by atoms with Crippen molar-refractivity contribution >= 4 is 28.3 Å². The Kier molecular flexibility index (Phi) is 6.26. The molecule has 10 nitrogen and oxygen atoms in total. The van der Waals surface area contributed by atoms with Gasteiger partial charge in [0.25, 0.3) is 0 Å². The zero-order valence-electron chi connectivity index (χ0n) is 21.2. The largest absolute Gasteiger partial charge is 0.476 e. The van der Waals surface area contributed by atoms with Gasteiger partial charge in [-0.3, -0.25) is 0 Å². The van der Waals surface area contributed by atoms with Crippen molar-refractivity contribution in [1.82, 2.24) is 24.1 Å². The van der Waals surface area contributed by atoms with Gasteiger partial charge in [0.15, 0.2) is 11.3 Å². The number of anilines is 1. The minimum atomic E-state index is -1.09. The van der Waals surface area contributed by atoms with Crippen LogP contribution in [0.4, 0.5) is 5.69 Å². The molecular formula is C28H28N6O4. The van der Waals surface area contributed by atoms with Gasteiger partial charge in [-0.05, 0) is 30.2 Å². The second-order valence-corrected chi connectivity index (χ2v) is 9.47. The smallest absolute Gasteiger partial charge is 0.356 e. The Morgan fingerprint density at radius 2 is 2.03 bits per heavy atom. The molecular weight excluding hydrogens is 484 g/mol. The molecule has 0 spiro atoms. The minimum Gasteiger partial charge on any atom is -0.476 e. The van der Waals surface area contributed by atoms with E-state index in [4.69, 9.17) is 19.6 Å². The first-order valence-corrected chi connectivity index (χ1v) is 12.5. The predicted octanol–water partition coefficient (Wildman–Crippen LogP) is 4.06. The summed E-state index contributed by atoms with van der Waals surface area (Å²) in [6.07, 6.45) is 5.86. The Hall–Kier alpha value is -4.28. The van der Waals surface area contributed by atoms with E-state index in [1.807, 2.05) is 49.6 Å². The van der Waals surface area contributed by atoms with Gasteiger partial charge in [0.05, 0.1) is 30.2 Å². The molecule has 38 heavy (non-hydrogen) atoms. The fourth-order valence-electron chi connectivity index (χ4n) is 5.24. The van der Waals surface area contributed by atoms with Crippen molar-refractivity contribution in [1.29, 1.82) is 0 Å². The van der Waals surface area contributed by atoms with E-state index in [1.165, 1.54) is 10.7 Å². The van der Waals surface area contributed by atoms with E-state index in [9.17, 15) is 9.90 Å². The van der Waals surface area contributed by atoms with Crippen LogP contribution < -0.4 is 4.90 Å². The lowest BCUT2D eigenvalue weighted by Crippen LogP contribution is -2.35. The SMILES string of the molecule is CO[C@H]1COCC[C@@H]1n1cc(-c2cc(N(C)Cc3ccccc3)c3ncc(C(=O)O)n3n2)c2cccnc21. The molecule has 0 aliphatic carbocycles. The molecule has 1 saturated heterocycles. The topological polar surface area (TPSA) is 107 Å². The van der Waals surface area contributed by atoms with Crippen LogP contribution in [-0.2, 0) is 16.0 Å². The number of carboxylic acids is 1. The summed E-state index contributed by atoms with van der Waals surface area (Å²) in [6.45, 7) is 1.77. The van der Waals surface area contributed by atoms with Crippen LogP contribution in [0.1, 0.15) is 28.5 Å². The number of hydrogen-bond acceptors (Lipinski definition) is 7. The number of nitrogens with zero attached hydrogens (tertiary/aromatic N) is 6. The van der Waals surface area contributed by atoms with Gasteiger partial charge in [-0.25, -0.2) is 19.3 Å². The second-order valence-electron chi connectivity index (χ2n) is 9.47. The molecule has 5 aromatic rings. The molecule has 10 heteroatoms. The van der Waals surface area contributed by atoms with Crippen molar-refractivity contribution in [3.8, 4) is 11.3 Å². The lowest BCUT2D eigenvalue weighted by Gasteiger charge is -2.31. The van der Waals surface area contributed by atoms with Gasteiger partial charge >= 0.3 is 5.97 Å². The lowest BCUT2D eigenvalue weighted by molar-refractivity contribution is -0.0592. The molecule has 5 heterocycles. The van der Waals surface area contributed by atoms with E-state index >= 15 is 0 Å². The van der Waals surface area contributed by atoms with E-state index in [1.54, 1.807) is 13.3 Å². The third kappa shape index (κ3) is 4.17. The zero-order chi connectivity index (χ0) is 26.2. The fraction of sp³-hybridized carbons (Fsp3) is 0.286.